The van der Waals surface area contributed by atoms with E-state index in [0.29, 0.717) is 13.0 Å². The van der Waals surface area contributed by atoms with Gasteiger partial charge in [-0.15, -0.1) is 0 Å². The first kappa shape index (κ1) is 12.6. The van der Waals surface area contributed by atoms with E-state index in [2.05, 4.69) is 19.2 Å². The quantitative estimate of drug-likeness (QED) is 0.818. The molecule has 0 heterocycles. The molecule has 0 aromatic rings. The van der Waals surface area contributed by atoms with Gasteiger partial charge in [-0.1, -0.05) is 27.7 Å². The molecule has 17 heavy (non-hydrogen) atoms. The molecule has 1 N–H and O–H groups in total. The maximum absolute atomic E-state index is 12.4. The van der Waals surface area contributed by atoms with Crippen LogP contribution in [0.1, 0.15) is 53.4 Å². The minimum atomic E-state index is -0.450. The Labute approximate surface area is 103 Å². The molecule has 2 fully saturated rings. The smallest absolute Gasteiger partial charge is 0.227 e. The molecule has 2 unspecified atom stereocenters. The molecule has 0 aromatic heterocycles. The summed E-state index contributed by atoms with van der Waals surface area (Å²) in [4.78, 5) is 24.6. The summed E-state index contributed by atoms with van der Waals surface area (Å²) >= 11 is 0. The van der Waals surface area contributed by atoms with E-state index in [-0.39, 0.29) is 22.5 Å². The maximum atomic E-state index is 12.4. The van der Waals surface area contributed by atoms with E-state index in [9.17, 15) is 9.59 Å². The second-order valence-corrected chi connectivity index (χ2v) is 6.40. The van der Waals surface area contributed by atoms with E-state index in [0.717, 1.165) is 19.3 Å². The van der Waals surface area contributed by atoms with E-state index < -0.39 is 5.41 Å². The highest BCUT2D eigenvalue weighted by molar-refractivity contribution is 5.99. The Hall–Kier alpha value is -0.860. The molecule has 2 atom stereocenters. The molecule has 0 aliphatic heterocycles. The fraction of sp³-hybridized carbons (Fsp3) is 0.857. The van der Waals surface area contributed by atoms with Crippen molar-refractivity contribution >= 4 is 11.7 Å². The Bertz CT molecular complexity index is 374. The second kappa shape index (κ2) is 3.56. The molecule has 3 nitrogen and oxygen atoms in total. The number of amides is 1. The highest BCUT2D eigenvalue weighted by Crippen LogP contribution is 2.70. The summed E-state index contributed by atoms with van der Waals surface area (Å²) in [6.45, 7) is 8.98. The second-order valence-electron chi connectivity index (χ2n) is 6.40. The lowest BCUT2D eigenvalue weighted by molar-refractivity contribution is -0.136. The molecule has 96 valence electrons. The molecule has 0 aromatic carbocycles. The van der Waals surface area contributed by atoms with Crippen LogP contribution in [0.4, 0.5) is 0 Å². The van der Waals surface area contributed by atoms with Gasteiger partial charge in [-0.05, 0) is 24.7 Å². The number of fused-ring (bicyclic) bond motifs is 2. The minimum absolute atomic E-state index is 0.0962. The van der Waals surface area contributed by atoms with Gasteiger partial charge < -0.3 is 5.32 Å². The van der Waals surface area contributed by atoms with E-state index in [1.165, 1.54) is 0 Å². The first-order chi connectivity index (χ1) is 7.82. The summed E-state index contributed by atoms with van der Waals surface area (Å²) in [5.41, 5.74) is -0.959. The number of hydrogen-bond donors (Lipinski definition) is 1. The van der Waals surface area contributed by atoms with Crippen molar-refractivity contribution in [2.45, 2.75) is 53.4 Å². The van der Waals surface area contributed by atoms with Crippen molar-refractivity contribution in [1.82, 2.24) is 5.32 Å². The predicted octanol–water partition coefficient (Wildman–Crippen LogP) is 2.30. The monoisotopic (exact) mass is 237 g/mol. The molecule has 1 amide bonds. The molecular weight excluding hydrogens is 214 g/mol. The highest BCUT2D eigenvalue weighted by Gasteiger charge is 2.72. The van der Waals surface area contributed by atoms with Gasteiger partial charge in [0.2, 0.25) is 5.91 Å². The van der Waals surface area contributed by atoms with E-state index in [1.54, 1.807) is 0 Å². The van der Waals surface area contributed by atoms with Crippen LogP contribution in [-0.2, 0) is 9.59 Å². The summed E-state index contributed by atoms with van der Waals surface area (Å²) in [5.74, 6) is 0.374. The van der Waals surface area contributed by atoms with Crippen molar-refractivity contribution in [3.63, 3.8) is 0 Å². The molecule has 3 heteroatoms. The third-order valence-corrected chi connectivity index (χ3v) is 5.68. The molecular formula is C14H23NO2. The molecule has 2 aliphatic rings. The fourth-order valence-electron chi connectivity index (χ4n) is 3.77. The zero-order valence-electron chi connectivity index (χ0n) is 11.4. The Morgan fingerprint density at radius 2 is 1.94 bits per heavy atom. The van der Waals surface area contributed by atoms with E-state index in [4.69, 9.17) is 0 Å². The molecule has 2 rings (SSSR count). The minimum Gasteiger partial charge on any atom is -0.356 e. The van der Waals surface area contributed by atoms with Crippen molar-refractivity contribution in [1.29, 1.82) is 0 Å². The molecule has 2 saturated carbocycles. The van der Waals surface area contributed by atoms with Crippen molar-refractivity contribution in [3.05, 3.63) is 0 Å². The van der Waals surface area contributed by atoms with Crippen molar-refractivity contribution in [2.75, 3.05) is 6.54 Å². The Morgan fingerprint density at radius 1 is 1.29 bits per heavy atom. The maximum Gasteiger partial charge on any atom is 0.227 e. The van der Waals surface area contributed by atoms with Gasteiger partial charge in [0, 0.05) is 18.4 Å². The Kier molecular flexibility index (Phi) is 2.64. The van der Waals surface area contributed by atoms with Crippen LogP contribution in [-0.4, -0.2) is 18.2 Å². The van der Waals surface area contributed by atoms with Gasteiger partial charge in [-0.2, -0.15) is 0 Å². The molecule has 0 spiro atoms. The largest absolute Gasteiger partial charge is 0.356 e. The van der Waals surface area contributed by atoms with Crippen LogP contribution in [0.15, 0.2) is 0 Å². The first-order valence-electron chi connectivity index (χ1n) is 6.63. The van der Waals surface area contributed by atoms with Crippen LogP contribution in [0.25, 0.3) is 0 Å². The fourth-order valence-corrected chi connectivity index (χ4v) is 3.77. The first-order valence-corrected chi connectivity index (χ1v) is 6.63. The summed E-state index contributed by atoms with van der Waals surface area (Å²) < 4.78 is 0. The van der Waals surface area contributed by atoms with Crippen LogP contribution in [0.3, 0.4) is 0 Å². The number of nitrogens with one attached hydrogen (secondary N) is 1. The lowest BCUT2D eigenvalue weighted by Crippen LogP contribution is -2.46. The van der Waals surface area contributed by atoms with Gasteiger partial charge >= 0.3 is 0 Å². The number of carbonyl (C=O) groups excluding carboxylic acids is 2. The van der Waals surface area contributed by atoms with Crippen molar-refractivity contribution in [3.8, 4) is 0 Å². The normalized spacial score (nSPS) is 38.5. The molecule has 0 radical (unpaired) electrons. The molecule has 2 bridgehead atoms. The number of hydrogen-bond acceptors (Lipinski definition) is 2. The van der Waals surface area contributed by atoms with Crippen LogP contribution in [0, 0.1) is 16.2 Å². The van der Waals surface area contributed by atoms with Gasteiger partial charge in [0.05, 0.1) is 5.41 Å². The standard InChI is InChI=1S/C14H23NO2/c1-5-8-15-11(17)14-7-6-13(4,10(16)9-14)12(14,2)3/h5-9H2,1-4H3,(H,15,17). The summed E-state index contributed by atoms with van der Waals surface area (Å²) in [6, 6.07) is 0. The van der Waals surface area contributed by atoms with Crippen LogP contribution in [0.2, 0.25) is 0 Å². The SMILES string of the molecule is CCCNC(=O)C12CCC(C)(C(=O)C1)C2(C)C. The Morgan fingerprint density at radius 3 is 2.35 bits per heavy atom. The van der Waals surface area contributed by atoms with Gasteiger partial charge in [0.25, 0.3) is 0 Å². The van der Waals surface area contributed by atoms with Crippen molar-refractivity contribution < 1.29 is 9.59 Å². The zero-order chi connectivity index (χ0) is 12.9. The summed E-state index contributed by atoms with van der Waals surface area (Å²) in [5, 5.41) is 2.99. The van der Waals surface area contributed by atoms with Crippen LogP contribution >= 0.6 is 0 Å². The summed E-state index contributed by atoms with van der Waals surface area (Å²) in [6.07, 6.45) is 3.09. The lowest BCUT2D eigenvalue weighted by atomic mass is 9.64. The predicted molar refractivity (Wildman–Crippen MR) is 66.5 cm³/mol. The van der Waals surface area contributed by atoms with Crippen LogP contribution in [0.5, 0.6) is 0 Å². The third-order valence-electron chi connectivity index (χ3n) is 5.68. The lowest BCUT2D eigenvalue weighted by Gasteiger charge is -2.38. The number of rotatable bonds is 3. The van der Waals surface area contributed by atoms with Gasteiger partial charge in [-0.3, -0.25) is 9.59 Å². The third kappa shape index (κ3) is 1.28. The number of Topliss-reactive ketones (excluding diaryl/α,β-unsaturated/α-hetero) is 1. The van der Waals surface area contributed by atoms with Gasteiger partial charge in [-0.25, -0.2) is 0 Å². The average Bonchev–Trinajstić information content (AvgIpc) is 2.56. The Balaban J connectivity index is 2.33. The van der Waals surface area contributed by atoms with E-state index >= 15 is 0 Å². The molecule has 0 saturated heterocycles. The van der Waals surface area contributed by atoms with Crippen molar-refractivity contribution in [2.24, 2.45) is 16.2 Å². The average molecular weight is 237 g/mol. The van der Waals surface area contributed by atoms with Gasteiger partial charge in [0.15, 0.2) is 0 Å². The van der Waals surface area contributed by atoms with Crippen LogP contribution < -0.4 is 5.32 Å². The zero-order valence-corrected chi connectivity index (χ0v) is 11.4. The number of ketones is 1. The summed E-state index contributed by atoms with van der Waals surface area (Å²) in [7, 11) is 0. The number of carbonyl (C=O) groups is 2. The van der Waals surface area contributed by atoms with Gasteiger partial charge in [0.1, 0.15) is 5.78 Å². The van der Waals surface area contributed by atoms with E-state index in [1.807, 2.05) is 13.8 Å². The molecule has 2 aliphatic carbocycles. The highest BCUT2D eigenvalue weighted by atomic mass is 16.2. The topological polar surface area (TPSA) is 46.2 Å².